The molecular weight excluding hydrogens is 575 g/mol. The molecule has 1 aliphatic rings. The fraction of sp³-hybridized carbons (Fsp3) is 0.314. The third-order valence-corrected chi connectivity index (χ3v) is 7.51. The van der Waals surface area contributed by atoms with Crippen LogP contribution in [0.5, 0.6) is 5.75 Å². The zero-order chi connectivity index (χ0) is 32.1. The van der Waals surface area contributed by atoms with E-state index in [2.05, 4.69) is 16.3 Å². The molecule has 1 amide bonds. The lowest BCUT2D eigenvalue weighted by Gasteiger charge is -2.36. The normalized spacial score (nSPS) is 13.7. The van der Waals surface area contributed by atoms with E-state index >= 15 is 0 Å². The van der Waals surface area contributed by atoms with Crippen LogP contribution in [0.3, 0.4) is 0 Å². The zero-order valence-electron chi connectivity index (χ0n) is 25.7. The number of benzene rings is 3. The van der Waals surface area contributed by atoms with Crippen LogP contribution in [0.25, 0.3) is 33.2 Å². The molecule has 1 N–H and O–H groups in total. The number of methoxy groups -OCH3 is 1. The van der Waals surface area contributed by atoms with Gasteiger partial charge in [0.05, 0.1) is 16.8 Å². The van der Waals surface area contributed by atoms with Crippen molar-refractivity contribution in [3.8, 4) is 34.1 Å². The van der Waals surface area contributed by atoms with E-state index in [9.17, 15) is 19.2 Å². The molecule has 0 radical (unpaired) electrons. The molecule has 45 heavy (non-hydrogen) atoms. The van der Waals surface area contributed by atoms with E-state index in [0.29, 0.717) is 65.7 Å². The van der Waals surface area contributed by atoms with Crippen molar-refractivity contribution in [3.63, 3.8) is 0 Å². The van der Waals surface area contributed by atoms with Crippen LogP contribution < -0.4 is 15.0 Å². The average molecular weight is 611 g/mol. The van der Waals surface area contributed by atoms with Crippen molar-refractivity contribution in [2.75, 3.05) is 31.9 Å². The lowest BCUT2D eigenvalue weighted by Crippen LogP contribution is -2.46. The summed E-state index contributed by atoms with van der Waals surface area (Å²) in [7, 11) is 1.51. The van der Waals surface area contributed by atoms with Crippen molar-refractivity contribution in [3.05, 3.63) is 77.7 Å². The van der Waals surface area contributed by atoms with Crippen LogP contribution >= 0.6 is 0 Å². The average Bonchev–Trinajstić information content (AvgIpc) is 3.02. The van der Waals surface area contributed by atoms with Crippen LogP contribution in [0.2, 0.25) is 0 Å². The van der Waals surface area contributed by atoms with Crippen molar-refractivity contribution in [2.24, 2.45) is 0 Å². The Bertz CT molecular complexity index is 1770. The summed E-state index contributed by atoms with van der Waals surface area (Å²) in [6.07, 6.45) is 3.19. The topological polar surface area (TPSA) is 114 Å². The highest BCUT2D eigenvalue weighted by Gasteiger charge is 2.27. The molecule has 1 aliphatic heterocycles. The minimum absolute atomic E-state index is 0.0266. The van der Waals surface area contributed by atoms with E-state index in [1.54, 1.807) is 24.4 Å². The molecule has 5 rings (SSSR count). The van der Waals surface area contributed by atoms with Gasteiger partial charge in [-0.15, -0.1) is 0 Å². The first-order chi connectivity index (χ1) is 21.6. The molecule has 4 aromatic rings. The van der Waals surface area contributed by atoms with E-state index in [1.165, 1.54) is 19.2 Å². The number of ether oxygens (including phenoxy) is 3. The Morgan fingerprint density at radius 3 is 2.58 bits per heavy atom. The number of rotatable bonds is 8. The summed E-state index contributed by atoms with van der Waals surface area (Å²) >= 11 is 0. The molecule has 2 heterocycles. The molecule has 1 fully saturated rings. The number of fused-ring (bicyclic) bond motifs is 1. The first-order valence-electron chi connectivity index (χ1n) is 14.7. The number of carbonyl (C=O) groups is 2. The van der Waals surface area contributed by atoms with Crippen LogP contribution in [-0.4, -0.2) is 56.0 Å². The second-order valence-corrected chi connectivity index (χ2v) is 11.9. The second-order valence-electron chi connectivity index (χ2n) is 11.9. The van der Waals surface area contributed by atoms with Crippen molar-refractivity contribution < 1.29 is 28.2 Å². The molecule has 0 atom stereocenters. The van der Waals surface area contributed by atoms with Gasteiger partial charge in [-0.05, 0) is 81.1 Å². The number of para-hydroxylation sites is 1. The van der Waals surface area contributed by atoms with Gasteiger partial charge in [0, 0.05) is 54.5 Å². The van der Waals surface area contributed by atoms with Gasteiger partial charge in [-0.2, -0.15) is 5.26 Å². The fourth-order valence-electron chi connectivity index (χ4n) is 5.58. The highest BCUT2D eigenvalue weighted by atomic mass is 19.1. The molecule has 1 saturated heterocycles. The molecule has 0 bridgehead atoms. The number of pyridine rings is 1. The Hall–Kier alpha value is -5.01. The number of nitriles is 1. The highest BCUT2D eigenvalue weighted by Crippen LogP contribution is 2.41. The molecular formula is C35H35FN4O5. The molecule has 232 valence electrons. The summed E-state index contributed by atoms with van der Waals surface area (Å²) in [5.41, 5.74) is 4.23. The summed E-state index contributed by atoms with van der Waals surface area (Å²) in [4.78, 5) is 31.0. The predicted octanol–water partition coefficient (Wildman–Crippen LogP) is 6.87. The lowest BCUT2D eigenvalue weighted by molar-refractivity contribution is 0.0496. The SMILES string of the molecule is COCOc1c(C#N)cccc1-c1ccc2ncc(-c3cc(F)cc(C=O)c3)c(N3CCC(NC(=O)OC(C)(C)C)CC3)c2c1. The standard InChI is InChI=1S/C35H35FN4O5/c1-35(2,3)45-34(42)39-27-10-12-40(13-11-27)32-29-17-23(28-7-5-6-24(18-37)33(28)44-21-43-4)8-9-31(29)38-19-30(32)25-14-22(20-41)15-26(36)16-25/h5-9,14-17,19-20,27H,10-13,21H2,1-4H3,(H,39,42). The van der Waals surface area contributed by atoms with Crippen LogP contribution in [0, 0.1) is 17.1 Å². The fourth-order valence-corrected chi connectivity index (χ4v) is 5.58. The van der Waals surface area contributed by atoms with E-state index in [-0.39, 0.29) is 18.4 Å². The minimum atomic E-state index is -0.597. The number of aldehydes is 1. The van der Waals surface area contributed by atoms with Crippen molar-refractivity contribution in [1.82, 2.24) is 10.3 Å². The number of aromatic nitrogens is 1. The summed E-state index contributed by atoms with van der Waals surface area (Å²) in [6, 6.07) is 17.5. The number of carbonyl (C=O) groups excluding carboxylic acids is 2. The van der Waals surface area contributed by atoms with E-state index in [1.807, 2.05) is 45.0 Å². The van der Waals surface area contributed by atoms with Crippen molar-refractivity contribution in [1.29, 1.82) is 5.26 Å². The van der Waals surface area contributed by atoms with Gasteiger partial charge in [0.2, 0.25) is 0 Å². The van der Waals surface area contributed by atoms with Gasteiger partial charge in [0.25, 0.3) is 0 Å². The quantitative estimate of drug-likeness (QED) is 0.170. The van der Waals surface area contributed by atoms with E-state index in [0.717, 1.165) is 16.6 Å². The summed E-state index contributed by atoms with van der Waals surface area (Å²) < 4.78 is 31.1. The Morgan fingerprint density at radius 1 is 1.11 bits per heavy atom. The van der Waals surface area contributed by atoms with Gasteiger partial charge in [-0.3, -0.25) is 9.78 Å². The van der Waals surface area contributed by atoms with Gasteiger partial charge in [0.15, 0.2) is 6.79 Å². The molecule has 0 unspecified atom stereocenters. The highest BCUT2D eigenvalue weighted by molar-refractivity contribution is 6.02. The van der Waals surface area contributed by atoms with Crippen LogP contribution in [0.1, 0.15) is 49.5 Å². The number of nitrogens with zero attached hydrogens (tertiary/aromatic N) is 3. The molecule has 0 saturated carbocycles. The maximum atomic E-state index is 14.7. The number of anilines is 1. The van der Waals surface area contributed by atoms with Crippen molar-refractivity contribution >= 4 is 29.0 Å². The molecule has 0 spiro atoms. The summed E-state index contributed by atoms with van der Waals surface area (Å²) in [5.74, 6) is -0.121. The van der Waals surface area contributed by atoms with E-state index in [4.69, 9.17) is 19.2 Å². The zero-order valence-corrected chi connectivity index (χ0v) is 25.7. The molecule has 1 aromatic heterocycles. The number of hydrogen-bond acceptors (Lipinski definition) is 8. The Balaban J connectivity index is 1.61. The van der Waals surface area contributed by atoms with Gasteiger partial charge in [-0.25, -0.2) is 9.18 Å². The Kier molecular flexibility index (Phi) is 9.30. The van der Waals surface area contributed by atoms with Crippen molar-refractivity contribution in [2.45, 2.75) is 45.3 Å². The summed E-state index contributed by atoms with van der Waals surface area (Å²) in [5, 5.41) is 13.5. The molecule has 9 nitrogen and oxygen atoms in total. The number of nitrogens with one attached hydrogen (secondary N) is 1. The first kappa shape index (κ1) is 31.4. The van der Waals surface area contributed by atoms with E-state index < -0.39 is 17.5 Å². The minimum Gasteiger partial charge on any atom is -0.466 e. The number of halogens is 1. The molecule has 10 heteroatoms. The largest absolute Gasteiger partial charge is 0.466 e. The predicted molar refractivity (Wildman–Crippen MR) is 170 cm³/mol. The number of hydrogen-bond donors (Lipinski definition) is 1. The maximum absolute atomic E-state index is 14.7. The number of alkyl carbamates (subject to hydrolysis) is 1. The third-order valence-electron chi connectivity index (χ3n) is 7.51. The first-order valence-corrected chi connectivity index (χ1v) is 14.7. The number of piperidine rings is 1. The van der Waals surface area contributed by atoms with Crippen LogP contribution in [0.4, 0.5) is 14.9 Å². The third kappa shape index (κ3) is 7.21. The maximum Gasteiger partial charge on any atom is 0.407 e. The monoisotopic (exact) mass is 610 g/mol. The van der Waals surface area contributed by atoms with Gasteiger partial charge in [-0.1, -0.05) is 18.2 Å². The lowest BCUT2D eigenvalue weighted by atomic mass is 9.94. The molecule has 0 aliphatic carbocycles. The van der Waals surface area contributed by atoms with Crippen LogP contribution in [-0.2, 0) is 9.47 Å². The smallest absolute Gasteiger partial charge is 0.407 e. The van der Waals surface area contributed by atoms with Gasteiger partial charge in [0.1, 0.15) is 29.5 Å². The van der Waals surface area contributed by atoms with Gasteiger partial charge >= 0.3 is 6.09 Å². The summed E-state index contributed by atoms with van der Waals surface area (Å²) in [6.45, 7) is 6.64. The van der Waals surface area contributed by atoms with Gasteiger partial charge < -0.3 is 24.4 Å². The Labute approximate surface area is 261 Å². The second kappa shape index (κ2) is 13.3. The molecule has 3 aromatic carbocycles. The number of amides is 1. The Morgan fingerprint density at radius 2 is 1.89 bits per heavy atom. The van der Waals surface area contributed by atoms with Crippen LogP contribution in [0.15, 0.2) is 60.8 Å².